The molecule has 0 atom stereocenters. The number of likely N-dealkylation sites (tertiary alicyclic amines) is 1. The largest absolute Gasteiger partial charge is 0.409 e. The summed E-state index contributed by atoms with van der Waals surface area (Å²) in [7, 11) is 0. The molecule has 0 radical (unpaired) electrons. The van der Waals surface area contributed by atoms with Crippen LogP contribution in [-0.4, -0.2) is 35.6 Å². The van der Waals surface area contributed by atoms with Crippen LogP contribution in [0.4, 0.5) is 0 Å². The van der Waals surface area contributed by atoms with Crippen LogP contribution in [0, 0.1) is 10.8 Å². The summed E-state index contributed by atoms with van der Waals surface area (Å²) in [6.45, 7) is 12.5. The van der Waals surface area contributed by atoms with Crippen LogP contribution in [0.1, 0.15) is 66.2 Å². The zero-order chi connectivity index (χ0) is 15.2. The molecule has 3 N–H and O–H groups in total. The molecule has 0 spiro atoms. The molecule has 0 aromatic rings. The van der Waals surface area contributed by atoms with Gasteiger partial charge in [0.1, 0.15) is 5.84 Å². The Morgan fingerprint density at radius 3 is 2.60 bits per heavy atom. The second-order valence-electron chi connectivity index (χ2n) is 7.69. The van der Waals surface area contributed by atoms with E-state index in [0.29, 0.717) is 11.3 Å². The van der Waals surface area contributed by atoms with E-state index in [1.807, 2.05) is 13.8 Å². The third-order valence-corrected chi connectivity index (χ3v) is 4.76. The molecule has 1 aliphatic rings. The van der Waals surface area contributed by atoms with Gasteiger partial charge in [-0.25, -0.2) is 0 Å². The summed E-state index contributed by atoms with van der Waals surface area (Å²) in [4.78, 5) is 2.60. The highest BCUT2D eigenvalue weighted by Gasteiger charge is 2.24. The van der Waals surface area contributed by atoms with Gasteiger partial charge >= 0.3 is 0 Å². The van der Waals surface area contributed by atoms with Crippen LogP contribution < -0.4 is 5.73 Å². The fourth-order valence-corrected chi connectivity index (χ4v) is 2.87. The van der Waals surface area contributed by atoms with E-state index in [-0.39, 0.29) is 5.41 Å². The zero-order valence-electron chi connectivity index (χ0n) is 13.8. The summed E-state index contributed by atoms with van der Waals surface area (Å²) in [5.41, 5.74) is 6.03. The Bertz CT molecular complexity index is 324. The number of hydrogen-bond acceptors (Lipinski definition) is 3. The lowest BCUT2D eigenvalue weighted by atomic mass is 9.85. The zero-order valence-corrected chi connectivity index (χ0v) is 13.8. The molecular weight excluding hydrogens is 250 g/mol. The van der Waals surface area contributed by atoms with Gasteiger partial charge in [0, 0.05) is 5.41 Å². The van der Waals surface area contributed by atoms with E-state index < -0.39 is 0 Å². The van der Waals surface area contributed by atoms with Crippen LogP contribution in [0.3, 0.4) is 0 Å². The van der Waals surface area contributed by atoms with Gasteiger partial charge in [0.2, 0.25) is 0 Å². The van der Waals surface area contributed by atoms with Crippen molar-refractivity contribution in [2.45, 2.75) is 66.2 Å². The Morgan fingerprint density at radius 2 is 1.95 bits per heavy atom. The van der Waals surface area contributed by atoms with Gasteiger partial charge in [-0.2, -0.15) is 0 Å². The maximum absolute atomic E-state index is 8.77. The molecule has 0 amide bonds. The summed E-state index contributed by atoms with van der Waals surface area (Å²) in [6.07, 6.45) is 7.28. The molecule has 0 aromatic heterocycles. The van der Waals surface area contributed by atoms with Crippen molar-refractivity contribution < 1.29 is 5.21 Å². The smallest absolute Gasteiger partial charge is 0.144 e. The topological polar surface area (TPSA) is 61.8 Å². The van der Waals surface area contributed by atoms with Gasteiger partial charge in [0.05, 0.1) is 0 Å². The maximum Gasteiger partial charge on any atom is 0.144 e. The van der Waals surface area contributed by atoms with Crippen LogP contribution in [-0.2, 0) is 0 Å². The third kappa shape index (κ3) is 5.70. The number of amidine groups is 1. The fourth-order valence-electron chi connectivity index (χ4n) is 2.87. The van der Waals surface area contributed by atoms with Gasteiger partial charge in [0.25, 0.3) is 0 Å². The second kappa shape index (κ2) is 7.30. The number of oxime groups is 1. The number of unbranched alkanes of at least 4 members (excludes halogenated alkanes) is 1. The molecule has 0 bridgehead atoms. The summed E-state index contributed by atoms with van der Waals surface area (Å²) in [6, 6.07) is 0. The standard InChI is InChI=1S/C16H33N3O/c1-15(2)8-7-12-19(13-10-15)11-6-5-9-16(3,4)14(17)18-20/h20H,5-13H2,1-4H3,(H2,17,18). The minimum atomic E-state index is -0.199. The van der Waals surface area contributed by atoms with Crippen molar-refractivity contribution in [2.75, 3.05) is 19.6 Å². The molecule has 1 saturated heterocycles. The number of hydrogen-bond donors (Lipinski definition) is 2. The summed E-state index contributed by atoms with van der Waals surface area (Å²) in [5, 5.41) is 11.9. The number of nitrogens with zero attached hydrogens (tertiary/aromatic N) is 2. The van der Waals surface area contributed by atoms with E-state index in [0.717, 1.165) is 12.8 Å². The maximum atomic E-state index is 8.77. The number of nitrogens with two attached hydrogens (primary N) is 1. The molecular formula is C16H33N3O. The predicted octanol–water partition coefficient (Wildman–Crippen LogP) is 3.44. The van der Waals surface area contributed by atoms with Crippen molar-refractivity contribution in [3.05, 3.63) is 0 Å². The lowest BCUT2D eigenvalue weighted by Crippen LogP contribution is -2.32. The normalized spacial score (nSPS) is 21.7. The summed E-state index contributed by atoms with van der Waals surface area (Å²) < 4.78 is 0. The molecule has 0 saturated carbocycles. The molecule has 1 heterocycles. The first-order valence-corrected chi connectivity index (χ1v) is 7.97. The molecule has 0 aliphatic carbocycles. The highest BCUT2D eigenvalue weighted by atomic mass is 16.4. The van der Waals surface area contributed by atoms with Gasteiger partial charge in [-0.15, -0.1) is 0 Å². The third-order valence-electron chi connectivity index (χ3n) is 4.76. The Balaban J connectivity index is 2.25. The molecule has 4 heteroatoms. The van der Waals surface area contributed by atoms with Crippen LogP contribution in [0.5, 0.6) is 0 Å². The summed E-state index contributed by atoms with van der Waals surface area (Å²) in [5.74, 6) is 0.342. The van der Waals surface area contributed by atoms with Crippen LogP contribution >= 0.6 is 0 Å². The van der Waals surface area contributed by atoms with Crippen molar-refractivity contribution >= 4 is 5.84 Å². The van der Waals surface area contributed by atoms with E-state index in [9.17, 15) is 0 Å². The first-order valence-electron chi connectivity index (χ1n) is 7.97. The molecule has 20 heavy (non-hydrogen) atoms. The predicted molar refractivity (Wildman–Crippen MR) is 85.1 cm³/mol. The first-order chi connectivity index (χ1) is 9.27. The van der Waals surface area contributed by atoms with Crippen molar-refractivity contribution in [3.63, 3.8) is 0 Å². The van der Waals surface area contributed by atoms with E-state index in [2.05, 4.69) is 23.9 Å². The van der Waals surface area contributed by atoms with Crippen LogP contribution in [0.2, 0.25) is 0 Å². The summed E-state index contributed by atoms with van der Waals surface area (Å²) >= 11 is 0. The molecule has 1 aliphatic heterocycles. The van der Waals surface area contributed by atoms with Gasteiger partial charge < -0.3 is 15.8 Å². The van der Waals surface area contributed by atoms with Crippen molar-refractivity contribution in [1.29, 1.82) is 0 Å². The van der Waals surface area contributed by atoms with Gasteiger partial charge in [0.15, 0.2) is 0 Å². The highest BCUT2D eigenvalue weighted by Crippen LogP contribution is 2.30. The lowest BCUT2D eigenvalue weighted by molar-refractivity contribution is 0.253. The van der Waals surface area contributed by atoms with Gasteiger partial charge in [-0.1, -0.05) is 39.3 Å². The molecule has 118 valence electrons. The Morgan fingerprint density at radius 1 is 1.25 bits per heavy atom. The molecule has 1 fully saturated rings. The first kappa shape index (κ1) is 17.3. The minimum Gasteiger partial charge on any atom is -0.409 e. The monoisotopic (exact) mass is 283 g/mol. The fraction of sp³-hybridized carbons (Fsp3) is 0.938. The molecule has 1 rings (SSSR count). The lowest BCUT2D eigenvalue weighted by Gasteiger charge is -2.25. The Labute approximate surface area is 124 Å². The van der Waals surface area contributed by atoms with Gasteiger partial charge in [-0.05, 0) is 57.2 Å². The van der Waals surface area contributed by atoms with E-state index in [1.54, 1.807) is 0 Å². The molecule has 0 unspecified atom stereocenters. The van der Waals surface area contributed by atoms with Crippen LogP contribution in [0.15, 0.2) is 5.16 Å². The van der Waals surface area contributed by atoms with Gasteiger partial charge in [-0.3, -0.25) is 0 Å². The molecule has 4 nitrogen and oxygen atoms in total. The van der Waals surface area contributed by atoms with Crippen molar-refractivity contribution in [2.24, 2.45) is 21.7 Å². The average molecular weight is 283 g/mol. The van der Waals surface area contributed by atoms with Crippen molar-refractivity contribution in [1.82, 2.24) is 4.90 Å². The van der Waals surface area contributed by atoms with E-state index in [1.165, 1.54) is 45.3 Å². The van der Waals surface area contributed by atoms with E-state index >= 15 is 0 Å². The van der Waals surface area contributed by atoms with E-state index in [4.69, 9.17) is 10.9 Å². The molecule has 0 aromatic carbocycles. The average Bonchev–Trinajstić information content (AvgIpc) is 2.55. The minimum absolute atomic E-state index is 0.199. The Hall–Kier alpha value is -0.770. The van der Waals surface area contributed by atoms with Crippen LogP contribution in [0.25, 0.3) is 0 Å². The SMILES string of the molecule is CC1(C)CCCN(CCCCC(C)(C)C(N)=NO)CC1. The quantitative estimate of drug-likeness (QED) is 0.258. The van der Waals surface area contributed by atoms with Crippen molar-refractivity contribution in [3.8, 4) is 0 Å². The Kier molecular flexibility index (Phi) is 6.31. The second-order valence-corrected chi connectivity index (χ2v) is 7.69. The highest BCUT2D eigenvalue weighted by molar-refractivity contribution is 5.85. The number of rotatable bonds is 6.